The van der Waals surface area contributed by atoms with E-state index in [-0.39, 0.29) is 12.1 Å². The Morgan fingerprint density at radius 1 is 1.25 bits per heavy atom. The molecule has 0 amide bonds. The predicted octanol–water partition coefficient (Wildman–Crippen LogP) is 3.34. The van der Waals surface area contributed by atoms with Gasteiger partial charge >= 0.3 is 0 Å². The van der Waals surface area contributed by atoms with E-state index in [1.54, 1.807) is 4.52 Å². The lowest BCUT2D eigenvalue weighted by atomic mass is 10.0. The number of rotatable bonds is 3. The lowest BCUT2D eigenvalue weighted by molar-refractivity contribution is 0.107. The second kappa shape index (κ2) is 6.03. The van der Waals surface area contributed by atoms with Gasteiger partial charge in [0.1, 0.15) is 18.2 Å². The first-order valence-electron chi connectivity index (χ1n) is 7.94. The van der Waals surface area contributed by atoms with Gasteiger partial charge in [0, 0.05) is 22.9 Å². The highest BCUT2D eigenvalue weighted by atomic mass is 35.5. The van der Waals surface area contributed by atoms with Gasteiger partial charge in [-0.25, -0.2) is 4.98 Å². The van der Waals surface area contributed by atoms with E-state index in [0.29, 0.717) is 12.4 Å². The average molecular weight is 344 g/mol. The molecular formula is C17H18ClN5O. The molecule has 1 aromatic carbocycles. The van der Waals surface area contributed by atoms with Crippen LogP contribution in [0.5, 0.6) is 0 Å². The first kappa shape index (κ1) is 15.4. The van der Waals surface area contributed by atoms with Crippen molar-refractivity contribution in [3.05, 3.63) is 52.4 Å². The van der Waals surface area contributed by atoms with Gasteiger partial charge in [0.25, 0.3) is 5.78 Å². The fourth-order valence-electron chi connectivity index (χ4n) is 3.10. The summed E-state index contributed by atoms with van der Waals surface area (Å²) in [6.45, 7) is 4.74. The van der Waals surface area contributed by atoms with Crippen LogP contribution in [0, 0.1) is 13.8 Å². The van der Waals surface area contributed by atoms with Crippen LogP contribution < -0.4 is 5.32 Å². The Morgan fingerprint density at radius 3 is 2.83 bits per heavy atom. The normalized spacial score (nSPS) is 20.6. The zero-order valence-electron chi connectivity index (χ0n) is 13.5. The molecule has 3 heterocycles. The first-order valence-corrected chi connectivity index (χ1v) is 8.32. The molecule has 4 rings (SSSR count). The van der Waals surface area contributed by atoms with Crippen LogP contribution in [0.15, 0.2) is 30.6 Å². The maximum Gasteiger partial charge on any atom is 0.254 e. The number of halogens is 1. The second-order valence-electron chi connectivity index (χ2n) is 6.03. The molecule has 0 unspecified atom stereocenters. The molecule has 2 aromatic heterocycles. The number of anilines is 1. The minimum Gasteiger partial charge on any atom is -0.371 e. The van der Waals surface area contributed by atoms with Gasteiger partial charge in [-0.1, -0.05) is 23.7 Å². The monoisotopic (exact) mass is 343 g/mol. The number of hydrogen-bond donors (Lipinski definition) is 1. The van der Waals surface area contributed by atoms with Gasteiger partial charge < -0.3 is 10.1 Å². The first-order chi connectivity index (χ1) is 11.6. The number of aryl methyl sites for hydroxylation is 1. The zero-order valence-corrected chi connectivity index (χ0v) is 14.3. The van der Waals surface area contributed by atoms with Gasteiger partial charge in [0.15, 0.2) is 0 Å². The number of benzene rings is 1. The molecule has 0 spiro atoms. The molecule has 0 radical (unpaired) electrons. The highest BCUT2D eigenvalue weighted by Crippen LogP contribution is 2.33. The van der Waals surface area contributed by atoms with Crippen LogP contribution in [0.4, 0.5) is 5.82 Å². The van der Waals surface area contributed by atoms with Crippen LogP contribution in [0.2, 0.25) is 5.02 Å². The molecule has 0 bridgehead atoms. The van der Waals surface area contributed by atoms with E-state index in [4.69, 9.17) is 16.3 Å². The van der Waals surface area contributed by atoms with Gasteiger partial charge in [0.2, 0.25) is 0 Å². The third kappa shape index (κ3) is 2.61. The number of nitrogens with one attached hydrogen (secondary N) is 1. The van der Waals surface area contributed by atoms with Crippen LogP contribution in [0.3, 0.4) is 0 Å². The Balaban J connectivity index is 1.68. The maximum atomic E-state index is 5.99. The van der Waals surface area contributed by atoms with E-state index in [0.717, 1.165) is 34.1 Å². The van der Waals surface area contributed by atoms with E-state index >= 15 is 0 Å². The summed E-state index contributed by atoms with van der Waals surface area (Å²) in [4.78, 5) is 8.66. The van der Waals surface area contributed by atoms with Gasteiger partial charge in [-0.05, 0) is 38.0 Å². The van der Waals surface area contributed by atoms with Crippen molar-refractivity contribution in [3.63, 3.8) is 0 Å². The Kier molecular flexibility index (Phi) is 3.86. The van der Waals surface area contributed by atoms with E-state index < -0.39 is 0 Å². The Labute approximate surface area is 144 Å². The molecule has 1 aliphatic rings. The van der Waals surface area contributed by atoms with E-state index in [1.165, 1.54) is 6.33 Å². The second-order valence-corrected chi connectivity index (χ2v) is 6.46. The van der Waals surface area contributed by atoms with Crippen molar-refractivity contribution < 1.29 is 4.74 Å². The molecule has 0 aliphatic carbocycles. The molecule has 24 heavy (non-hydrogen) atoms. The molecule has 1 saturated heterocycles. The summed E-state index contributed by atoms with van der Waals surface area (Å²) in [6, 6.07) is 7.98. The summed E-state index contributed by atoms with van der Waals surface area (Å²) in [5.74, 6) is 1.52. The summed E-state index contributed by atoms with van der Waals surface area (Å²) in [5, 5.41) is 8.63. The van der Waals surface area contributed by atoms with Crippen LogP contribution in [-0.4, -0.2) is 32.2 Å². The summed E-state index contributed by atoms with van der Waals surface area (Å²) in [7, 11) is 0. The van der Waals surface area contributed by atoms with Crippen molar-refractivity contribution >= 4 is 23.2 Å². The van der Waals surface area contributed by atoms with E-state index in [1.807, 2.05) is 38.1 Å². The number of aromatic nitrogens is 4. The maximum absolute atomic E-state index is 5.99. The lowest BCUT2D eigenvalue weighted by Gasteiger charge is -2.23. The van der Waals surface area contributed by atoms with Crippen molar-refractivity contribution in [2.45, 2.75) is 32.4 Å². The van der Waals surface area contributed by atoms with Crippen LogP contribution in [0.25, 0.3) is 5.78 Å². The summed E-state index contributed by atoms with van der Waals surface area (Å²) < 4.78 is 7.71. The third-order valence-electron chi connectivity index (χ3n) is 4.52. The molecule has 1 fully saturated rings. The number of hydrogen-bond acceptors (Lipinski definition) is 5. The van der Waals surface area contributed by atoms with Gasteiger partial charge in [-0.3, -0.25) is 0 Å². The zero-order chi connectivity index (χ0) is 16.7. The number of nitrogens with zero attached hydrogens (tertiary/aromatic N) is 4. The number of fused-ring (bicyclic) bond motifs is 1. The highest BCUT2D eigenvalue weighted by molar-refractivity contribution is 6.30. The number of ether oxygens (including phenoxy) is 1. The third-order valence-corrected chi connectivity index (χ3v) is 4.77. The molecule has 6 nitrogen and oxygen atoms in total. The fourth-order valence-corrected chi connectivity index (χ4v) is 3.22. The van der Waals surface area contributed by atoms with Gasteiger partial charge in [-0.2, -0.15) is 14.6 Å². The van der Waals surface area contributed by atoms with Gasteiger partial charge in [-0.15, -0.1) is 0 Å². The van der Waals surface area contributed by atoms with Crippen molar-refractivity contribution in [3.8, 4) is 0 Å². The Morgan fingerprint density at radius 2 is 2.04 bits per heavy atom. The Bertz CT molecular complexity index is 877. The quantitative estimate of drug-likeness (QED) is 0.790. The highest BCUT2D eigenvalue weighted by Gasteiger charge is 2.31. The van der Waals surface area contributed by atoms with E-state index in [9.17, 15) is 0 Å². The van der Waals surface area contributed by atoms with Crippen molar-refractivity contribution in [2.24, 2.45) is 0 Å². The predicted molar refractivity (Wildman–Crippen MR) is 92.4 cm³/mol. The summed E-state index contributed by atoms with van der Waals surface area (Å²) >= 11 is 5.99. The largest absolute Gasteiger partial charge is 0.371 e. The molecule has 124 valence electrons. The van der Waals surface area contributed by atoms with Crippen molar-refractivity contribution in [2.75, 3.05) is 11.9 Å². The van der Waals surface area contributed by atoms with Crippen molar-refractivity contribution in [1.82, 2.24) is 19.6 Å². The smallest absolute Gasteiger partial charge is 0.254 e. The van der Waals surface area contributed by atoms with Crippen molar-refractivity contribution in [1.29, 1.82) is 0 Å². The molecule has 7 heteroatoms. The standard InChI is InChI=1S/C17H18ClN5O/c1-10-11(2)21-17-19-9-20-23(17)16(10)22-14-7-8-24-15(14)12-3-5-13(18)6-4-12/h3-6,9,14-15,22H,7-8H2,1-2H3/t14-,15+/m0/s1. The Hall–Kier alpha value is -2.18. The fraction of sp³-hybridized carbons (Fsp3) is 0.353. The molecule has 3 aromatic rings. The minimum absolute atomic E-state index is 0.0197. The lowest BCUT2D eigenvalue weighted by Crippen LogP contribution is -2.25. The van der Waals surface area contributed by atoms with E-state index in [2.05, 4.69) is 20.4 Å². The van der Waals surface area contributed by atoms with Crippen LogP contribution in [0.1, 0.15) is 29.3 Å². The SMILES string of the molecule is Cc1nc2ncnn2c(N[C@H]2CCO[C@@H]2c2ccc(Cl)cc2)c1C. The van der Waals surface area contributed by atoms with Gasteiger partial charge in [0.05, 0.1) is 6.04 Å². The molecular weight excluding hydrogens is 326 g/mol. The summed E-state index contributed by atoms with van der Waals surface area (Å²) in [5.41, 5.74) is 3.13. The average Bonchev–Trinajstić information content (AvgIpc) is 3.21. The molecule has 1 N–H and O–H groups in total. The summed E-state index contributed by atoms with van der Waals surface area (Å²) in [6.07, 6.45) is 2.42. The molecule has 0 saturated carbocycles. The van der Waals surface area contributed by atoms with Crippen LogP contribution in [-0.2, 0) is 4.74 Å². The molecule has 1 aliphatic heterocycles. The van der Waals surface area contributed by atoms with Crippen LogP contribution >= 0.6 is 11.6 Å². The molecule has 2 atom stereocenters. The minimum atomic E-state index is -0.0197. The topological polar surface area (TPSA) is 64.3 Å².